The molecule has 1 atom stereocenters. The molecular weight excluding hydrogens is 270 g/mol. The summed E-state index contributed by atoms with van der Waals surface area (Å²) in [5, 5.41) is 10.8. The molecular formula is C14H19N5O2. The molecule has 2 aromatic heterocycles. The summed E-state index contributed by atoms with van der Waals surface area (Å²) in [5.41, 5.74) is 6.10. The lowest BCUT2D eigenvalue weighted by Crippen LogP contribution is -2.26. The first kappa shape index (κ1) is 15.1. The van der Waals surface area contributed by atoms with Crippen molar-refractivity contribution in [1.29, 1.82) is 0 Å². The Labute approximate surface area is 123 Å². The van der Waals surface area contributed by atoms with Crippen molar-refractivity contribution < 1.29 is 9.21 Å². The van der Waals surface area contributed by atoms with Crippen molar-refractivity contribution in [3.8, 4) is 11.6 Å². The van der Waals surface area contributed by atoms with E-state index in [9.17, 15) is 4.79 Å². The molecule has 21 heavy (non-hydrogen) atoms. The second kappa shape index (κ2) is 7.49. The van der Waals surface area contributed by atoms with Crippen molar-refractivity contribution in [2.24, 2.45) is 5.73 Å². The average molecular weight is 289 g/mol. The van der Waals surface area contributed by atoms with Gasteiger partial charge in [-0.1, -0.05) is 6.07 Å². The van der Waals surface area contributed by atoms with E-state index in [1.807, 2.05) is 12.1 Å². The minimum Gasteiger partial charge on any atom is -0.417 e. The van der Waals surface area contributed by atoms with Crippen LogP contribution in [-0.2, 0) is 4.79 Å². The standard InChI is InChI=1S/C14H19N5O2/c1-10(20)17-12(7-2-4-8-15)14-19-18-13(21-14)11-6-3-5-9-16-11/h3,5-6,9,12H,2,4,7-8,15H2,1H3,(H,17,20). The zero-order valence-electron chi connectivity index (χ0n) is 12.0. The highest BCUT2D eigenvalue weighted by Crippen LogP contribution is 2.22. The summed E-state index contributed by atoms with van der Waals surface area (Å²) in [5.74, 6) is 0.605. The maximum absolute atomic E-state index is 11.3. The van der Waals surface area contributed by atoms with Crippen molar-refractivity contribution in [3.05, 3.63) is 30.3 Å². The van der Waals surface area contributed by atoms with E-state index in [0.717, 1.165) is 12.8 Å². The van der Waals surface area contributed by atoms with Crippen LogP contribution in [0.3, 0.4) is 0 Å². The van der Waals surface area contributed by atoms with E-state index in [-0.39, 0.29) is 11.9 Å². The fourth-order valence-electron chi connectivity index (χ4n) is 1.96. The van der Waals surface area contributed by atoms with Gasteiger partial charge in [0, 0.05) is 13.1 Å². The summed E-state index contributed by atoms with van der Waals surface area (Å²) in [4.78, 5) is 15.5. The van der Waals surface area contributed by atoms with E-state index >= 15 is 0 Å². The topological polar surface area (TPSA) is 107 Å². The fourth-order valence-corrected chi connectivity index (χ4v) is 1.96. The quantitative estimate of drug-likeness (QED) is 0.747. The van der Waals surface area contributed by atoms with Crippen LogP contribution in [0.15, 0.2) is 28.8 Å². The van der Waals surface area contributed by atoms with Gasteiger partial charge in [-0.15, -0.1) is 10.2 Å². The first-order valence-corrected chi connectivity index (χ1v) is 6.92. The minimum atomic E-state index is -0.293. The van der Waals surface area contributed by atoms with Gasteiger partial charge >= 0.3 is 0 Å². The summed E-state index contributed by atoms with van der Waals surface area (Å²) in [6.45, 7) is 2.09. The largest absolute Gasteiger partial charge is 0.417 e. The van der Waals surface area contributed by atoms with E-state index in [0.29, 0.717) is 30.4 Å². The van der Waals surface area contributed by atoms with Crippen LogP contribution in [0.5, 0.6) is 0 Å². The molecule has 7 nitrogen and oxygen atoms in total. The number of nitrogens with zero attached hydrogens (tertiary/aromatic N) is 3. The summed E-state index contributed by atoms with van der Waals surface area (Å²) in [7, 11) is 0. The Hall–Kier alpha value is -2.28. The number of carbonyl (C=O) groups excluding carboxylic acids is 1. The maximum atomic E-state index is 11.3. The number of hydrogen-bond donors (Lipinski definition) is 2. The molecule has 2 aromatic rings. The third kappa shape index (κ3) is 4.35. The molecule has 0 radical (unpaired) electrons. The molecule has 2 heterocycles. The van der Waals surface area contributed by atoms with Gasteiger partial charge in [-0.25, -0.2) is 0 Å². The molecule has 1 unspecified atom stereocenters. The van der Waals surface area contributed by atoms with Crippen molar-refractivity contribution in [3.63, 3.8) is 0 Å². The summed E-state index contributed by atoms with van der Waals surface area (Å²) >= 11 is 0. The molecule has 0 aromatic carbocycles. The monoisotopic (exact) mass is 289 g/mol. The Balaban J connectivity index is 2.12. The van der Waals surface area contributed by atoms with Gasteiger partial charge in [0.15, 0.2) is 0 Å². The first-order chi connectivity index (χ1) is 10.2. The molecule has 3 N–H and O–H groups in total. The Morgan fingerprint density at radius 1 is 1.38 bits per heavy atom. The number of nitrogens with two attached hydrogens (primary N) is 1. The number of amides is 1. The lowest BCUT2D eigenvalue weighted by molar-refractivity contribution is -0.119. The molecule has 0 aliphatic carbocycles. The predicted molar refractivity (Wildman–Crippen MR) is 77.0 cm³/mol. The van der Waals surface area contributed by atoms with E-state index in [1.165, 1.54) is 6.92 Å². The van der Waals surface area contributed by atoms with Crippen LogP contribution in [0.1, 0.15) is 38.1 Å². The van der Waals surface area contributed by atoms with Crippen molar-refractivity contribution in [1.82, 2.24) is 20.5 Å². The smallest absolute Gasteiger partial charge is 0.266 e. The van der Waals surface area contributed by atoms with Gasteiger partial charge in [-0.3, -0.25) is 9.78 Å². The van der Waals surface area contributed by atoms with E-state index in [4.69, 9.17) is 10.2 Å². The molecule has 0 aliphatic rings. The van der Waals surface area contributed by atoms with Crippen LogP contribution in [0.4, 0.5) is 0 Å². The van der Waals surface area contributed by atoms with Crippen LogP contribution < -0.4 is 11.1 Å². The van der Waals surface area contributed by atoms with Gasteiger partial charge < -0.3 is 15.5 Å². The zero-order chi connectivity index (χ0) is 15.1. The van der Waals surface area contributed by atoms with Crippen molar-refractivity contribution in [2.45, 2.75) is 32.2 Å². The van der Waals surface area contributed by atoms with Crippen molar-refractivity contribution >= 4 is 5.91 Å². The number of hydrogen-bond acceptors (Lipinski definition) is 6. The number of rotatable bonds is 7. The Morgan fingerprint density at radius 2 is 2.24 bits per heavy atom. The Bertz CT molecular complexity index is 570. The maximum Gasteiger partial charge on any atom is 0.266 e. The van der Waals surface area contributed by atoms with Crippen LogP contribution in [-0.4, -0.2) is 27.6 Å². The van der Waals surface area contributed by atoms with Gasteiger partial charge in [-0.05, 0) is 37.9 Å². The van der Waals surface area contributed by atoms with E-state index < -0.39 is 0 Å². The lowest BCUT2D eigenvalue weighted by atomic mass is 10.1. The van der Waals surface area contributed by atoms with Gasteiger partial charge in [0.2, 0.25) is 11.8 Å². The molecule has 2 rings (SSSR count). The second-order valence-electron chi connectivity index (χ2n) is 4.70. The number of unbranched alkanes of at least 4 members (excludes halogenated alkanes) is 1. The third-order valence-corrected chi connectivity index (χ3v) is 2.95. The fraction of sp³-hybridized carbons (Fsp3) is 0.429. The molecule has 0 spiro atoms. The van der Waals surface area contributed by atoms with Crippen LogP contribution >= 0.6 is 0 Å². The number of nitrogens with one attached hydrogen (secondary N) is 1. The minimum absolute atomic E-state index is 0.134. The van der Waals surface area contributed by atoms with Crippen molar-refractivity contribution in [2.75, 3.05) is 6.54 Å². The Kier molecular flexibility index (Phi) is 5.39. The molecule has 0 aliphatic heterocycles. The van der Waals surface area contributed by atoms with Gasteiger partial charge in [0.25, 0.3) is 5.89 Å². The Morgan fingerprint density at radius 3 is 2.90 bits per heavy atom. The second-order valence-corrected chi connectivity index (χ2v) is 4.70. The average Bonchev–Trinajstić information content (AvgIpc) is 2.97. The molecule has 0 bridgehead atoms. The van der Waals surface area contributed by atoms with Gasteiger partial charge in [0.05, 0.1) is 0 Å². The first-order valence-electron chi connectivity index (χ1n) is 6.92. The molecule has 7 heteroatoms. The molecule has 1 amide bonds. The summed E-state index contributed by atoms with van der Waals surface area (Å²) in [6.07, 6.45) is 4.13. The van der Waals surface area contributed by atoms with Crippen LogP contribution in [0, 0.1) is 0 Å². The molecule has 0 saturated heterocycles. The number of pyridine rings is 1. The van der Waals surface area contributed by atoms with E-state index in [2.05, 4.69) is 20.5 Å². The molecule has 112 valence electrons. The normalized spacial score (nSPS) is 12.1. The number of carbonyl (C=O) groups is 1. The summed E-state index contributed by atoms with van der Waals surface area (Å²) in [6, 6.07) is 5.16. The highest BCUT2D eigenvalue weighted by molar-refractivity contribution is 5.73. The molecule has 0 fully saturated rings. The number of aromatic nitrogens is 3. The zero-order valence-corrected chi connectivity index (χ0v) is 12.0. The van der Waals surface area contributed by atoms with Crippen LogP contribution in [0.2, 0.25) is 0 Å². The third-order valence-electron chi connectivity index (χ3n) is 2.95. The SMILES string of the molecule is CC(=O)NC(CCCCN)c1nnc(-c2ccccn2)o1. The van der Waals surface area contributed by atoms with E-state index in [1.54, 1.807) is 12.3 Å². The van der Waals surface area contributed by atoms with Crippen LogP contribution in [0.25, 0.3) is 11.6 Å². The predicted octanol–water partition coefficient (Wildman–Crippen LogP) is 1.44. The highest BCUT2D eigenvalue weighted by Gasteiger charge is 2.20. The lowest BCUT2D eigenvalue weighted by Gasteiger charge is -2.13. The summed E-state index contributed by atoms with van der Waals surface area (Å²) < 4.78 is 5.63. The highest BCUT2D eigenvalue weighted by atomic mass is 16.4. The molecule has 0 saturated carbocycles. The van der Waals surface area contributed by atoms with Gasteiger partial charge in [-0.2, -0.15) is 0 Å². The van der Waals surface area contributed by atoms with Gasteiger partial charge in [0.1, 0.15) is 11.7 Å².